The van der Waals surface area contributed by atoms with Crippen molar-refractivity contribution in [3.8, 4) is 11.8 Å². The molecule has 0 bridgehead atoms. The Balaban J connectivity index is 1.86. The van der Waals surface area contributed by atoms with E-state index in [0.717, 1.165) is 16.7 Å². The molecule has 188 valence electrons. The van der Waals surface area contributed by atoms with Crippen molar-refractivity contribution in [2.24, 2.45) is 0 Å². The van der Waals surface area contributed by atoms with Crippen LogP contribution >= 0.6 is 0 Å². The van der Waals surface area contributed by atoms with E-state index in [9.17, 15) is 14.3 Å². The number of nitrogens with zero attached hydrogens (tertiary/aromatic N) is 6. The van der Waals surface area contributed by atoms with Crippen LogP contribution in [0.2, 0.25) is 0 Å². The van der Waals surface area contributed by atoms with Crippen LogP contribution in [-0.4, -0.2) is 36.5 Å². The zero-order valence-corrected chi connectivity index (χ0v) is 20.3. The van der Waals surface area contributed by atoms with Crippen LogP contribution in [0.3, 0.4) is 0 Å². The van der Waals surface area contributed by atoms with Crippen LogP contribution in [0.4, 0.5) is 26.4 Å². The van der Waals surface area contributed by atoms with E-state index in [1.165, 1.54) is 18.4 Å². The molecule has 1 saturated heterocycles. The van der Waals surface area contributed by atoms with Gasteiger partial charge >= 0.3 is 0 Å². The number of aromatic nitrogens is 4. The van der Waals surface area contributed by atoms with E-state index in [-0.39, 0.29) is 44.8 Å². The average molecular weight is 523 g/mol. The molecule has 13 heteroatoms. The number of nitrogen functional groups attached to an aromatic ring is 2. The largest absolute Gasteiger partial charge is 0.382 e. The minimum atomic E-state index is -1.58. The highest BCUT2D eigenvalue weighted by atomic mass is 32.2. The lowest BCUT2D eigenvalue weighted by Gasteiger charge is -2.28. The Kier molecular flexibility index (Phi) is 6.04. The van der Waals surface area contributed by atoms with E-state index in [4.69, 9.17) is 11.5 Å². The Labute approximate surface area is 211 Å². The van der Waals surface area contributed by atoms with E-state index < -0.39 is 39.7 Å². The highest BCUT2D eigenvalue weighted by Crippen LogP contribution is 2.38. The number of fused-ring (bicyclic) bond motifs is 1. The number of anilines is 3. The molecule has 4 N–H and O–H groups in total. The molecule has 1 aliphatic rings. The van der Waals surface area contributed by atoms with Crippen LogP contribution in [0.15, 0.2) is 46.1 Å². The Hall–Kier alpha value is -4.44. The molecule has 2 aromatic heterocycles. The molecule has 2 atom stereocenters. The minimum Gasteiger partial charge on any atom is -0.382 e. The van der Waals surface area contributed by atoms with Crippen molar-refractivity contribution in [1.29, 1.82) is 5.26 Å². The lowest BCUT2D eigenvalue weighted by Crippen LogP contribution is -2.33. The maximum Gasteiger partial charge on any atom is 0.267 e. The fourth-order valence-corrected chi connectivity index (χ4v) is 5.44. The average Bonchev–Trinajstić information content (AvgIpc) is 3.34. The molecule has 0 saturated carbocycles. The summed E-state index contributed by atoms with van der Waals surface area (Å²) in [4.78, 5) is 28.5. The van der Waals surface area contributed by atoms with Gasteiger partial charge < -0.3 is 16.4 Å². The van der Waals surface area contributed by atoms with Crippen molar-refractivity contribution in [3.63, 3.8) is 0 Å². The first-order valence-electron chi connectivity index (χ1n) is 11.2. The maximum atomic E-state index is 15.1. The molecular weight excluding hydrogens is 502 g/mol. The number of halogens is 2. The van der Waals surface area contributed by atoms with Gasteiger partial charge in [-0.25, -0.2) is 13.8 Å². The molecule has 0 radical (unpaired) electrons. The van der Waals surface area contributed by atoms with Gasteiger partial charge in [0.15, 0.2) is 5.82 Å². The highest BCUT2D eigenvalue weighted by Gasteiger charge is 2.35. The number of para-hydroxylation sites is 1. The lowest BCUT2D eigenvalue weighted by molar-refractivity contribution is 0.549. The minimum absolute atomic E-state index is 0.00692. The Morgan fingerprint density at radius 2 is 1.81 bits per heavy atom. The number of nitrogens with two attached hydrogens (primary N) is 2. The number of nitriles is 1. The predicted octanol–water partition coefficient (Wildman–Crippen LogP) is 2.57. The van der Waals surface area contributed by atoms with Crippen molar-refractivity contribution in [2.45, 2.75) is 23.8 Å². The van der Waals surface area contributed by atoms with Gasteiger partial charge in [-0.1, -0.05) is 12.1 Å². The monoisotopic (exact) mass is 522 g/mol. The summed E-state index contributed by atoms with van der Waals surface area (Å²) in [6.07, 6.45) is 2.41. The van der Waals surface area contributed by atoms with Crippen LogP contribution in [0.5, 0.6) is 0 Å². The SMILES string of the molecule is CS(=O)c1cccc2nc([C@@H]3CCCN3c3nc(N)nc(N)c3C#N)n(-c3c(F)cccc3F)c(=O)c12. The molecule has 1 unspecified atom stereocenters. The summed E-state index contributed by atoms with van der Waals surface area (Å²) >= 11 is 0. The molecule has 0 aliphatic carbocycles. The summed E-state index contributed by atoms with van der Waals surface area (Å²) in [5.74, 6) is -2.06. The van der Waals surface area contributed by atoms with Crippen molar-refractivity contribution >= 4 is 39.3 Å². The Morgan fingerprint density at radius 3 is 2.49 bits per heavy atom. The van der Waals surface area contributed by atoms with E-state index in [1.54, 1.807) is 17.0 Å². The van der Waals surface area contributed by atoms with Gasteiger partial charge in [0.1, 0.15) is 40.6 Å². The molecule has 0 amide bonds. The number of rotatable bonds is 4. The summed E-state index contributed by atoms with van der Waals surface area (Å²) in [7, 11) is -1.58. The lowest BCUT2D eigenvalue weighted by atomic mass is 10.1. The Bertz CT molecular complexity index is 1680. The van der Waals surface area contributed by atoms with Crippen molar-refractivity contribution in [3.05, 3.63) is 69.8 Å². The molecular formula is C24H20F2N8O2S. The third kappa shape index (κ3) is 3.95. The van der Waals surface area contributed by atoms with Crippen LogP contribution in [0, 0.1) is 23.0 Å². The molecule has 3 heterocycles. The topological polar surface area (TPSA) is 157 Å². The van der Waals surface area contributed by atoms with Crippen LogP contribution in [0.25, 0.3) is 16.6 Å². The quantitative estimate of drug-likeness (QED) is 0.411. The van der Waals surface area contributed by atoms with Gasteiger partial charge in [0, 0.05) is 12.8 Å². The van der Waals surface area contributed by atoms with Crippen LogP contribution in [0.1, 0.15) is 30.3 Å². The van der Waals surface area contributed by atoms with Crippen molar-refractivity contribution in [2.75, 3.05) is 29.2 Å². The van der Waals surface area contributed by atoms with E-state index in [2.05, 4.69) is 15.0 Å². The van der Waals surface area contributed by atoms with Gasteiger partial charge in [-0.05, 0) is 37.1 Å². The fourth-order valence-electron chi connectivity index (χ4n) is 4.69. The zero-order valence-electron chi connectivity index (χ0n) is 19.5. The third-order valence-electron chi connectivity index (χ3n) is 6.23. The Morgan fingerprint density at radius 1 is 1.11 bits per heavy atom. The molecule has 0 spiro atoms. The van der Waals surface area contributed by atoms with E-state index in [0.29, 0.717) is 19.4 Å². The zero-order chi connectivity index (χ0) is 26.4. The van der Waals surface area contributed by atoms with Gasteiger partial charge in [0.05, 0.1) is 32.6 Å². The van der Waals surface area contributed by atoms with Gasteiger partial charge in [-0.3, -0.25) is 13.6 Å². The molecule has 4 aromatic rings. The van der Waals surface area contributed by atoms with Gasteiger partial charge in [-0.2, -0.15) is 15.2 Å². The van der Waals surface area contributed by atoms with E-state index in [1.807, 2.05) is 6.07 Å². The maximum absolute atomic E-state index is 15.1. The van der Waals surface area contributed by atoms with Crippen LogP contribution in [-0.2, 0) is 10.8 Å². The van der Waals surface area contributed by atoms with Crippen LogP contribution < -0.4 is 21.9 Å². The molecule has 10 nitrogen and oxygen atoms in total. The summed E-state index contributed by atoms with van der Waals surface area (Å²) in [6.45, 7) is 0.377. The highest BCUT2D eigenvalue weighted by molar-refractivity contribution is 7.84. The fraction of sp³-hybridized carbons (Fsp3) is 0.208. The molecule has 37 heavy (non-hydrogen) atoms. The molecule has 1 aliphatic heterocycles. The second kappa shape index (κ2) is 9.21. The molecule has 1 fully saturated rings. The second-order valence-electron chi connectivity index (χ2n) is 8.41. The number of hydrogen-bond acceptors (Lipinski definition) is 9. The van der Waals surface area contributed by atoms with Crippen molar-refractivity contribution < 1.29 is 13.0 Å². The summed E-state index contributed by atoms with van der Waals surface area (Å²) in [6, 6.07) is 9.19. The first-order valence-corrected chi connectivity index (χ1v) is 12.7. The van der Waals surface area contributed by atoms with Crippen molar-refractivity contribution in [1.82, 2.24) is 19.5 Å². The summed E-state index contributed by atoms with van der Waals surface area (Å²) in [5.41, 5.74) is 10.5. The smallest absolute Gasteiger partial charge is 0.267 e. The van der Waals surface area contributed by atoms with Gasteiger partial charge in [0.2, 0.25) is 5.95 Å². The summed E-state index contributed by atoms with van der Waals surface area (Å²) in [5, 5.41) is 9.70. The second-order valence-corrected chi connectivity index (χ2v) is 9.76. The van der Waals surface area contributed by atoms with Gasteiger partial charge in [-0.15, -0.1) is 0 Å². The number of hydrogen-bond donors (Lipinski definition) is 2. The van der Waals surface area contributed by atoms with Gasteiger partial charge in [0.25, 0.3) is 5.56 Å². The normalized spacial score (nSPS) is 16.2. The predicted molar refractivity (Wildman–Crippen MR) is 134 cm³/mol. The summed E-state index contributed by atoms with van der Waals surface area (Å²) < 4.78 is 43.5. The standard InChI is InChI=1S/C24H20F2N8O2S/c1-37(36)17-9-3-7-15-18(17)23(35)34(19-13(25)5-2-6-14(19)26)22(30-15)16-8-4-10-33(16)21-12(11-27)20(28)31-24(29)32-21/h2-3,5-7,9,16H,4,8,10H2,1H3,(H4,28,29,31,32)/t16-,37?/m0/s1. The first-order chi connectivity index (χ1) is 17.7. The first kappa shape index (κ1) is 24.3. The molecule has 5 rings (SSSR count). The van der Waals surface area contributed by atoms with E-state index >= 15 is 8.78 Å². The third-order valence-corrected chi connectivity index (χ3v) is 7.19. The molecule has 2 aromatic carbocycles. The number of benzene rings is 2.